The summed E-state index contributed by atoms with van der Waals surface area (Å²) in [5.74, 6) is -0.306. The topological polar surface area (TPSA) is 38.7 Å². The molecular formula is C14H19FO3. The van der Waals surface area contributed by atoms with Crippen LogP contribution in [0.5, 0.6) is 5.75 Å². The third-order valence-electron chi connectivity index (χ3n) is 3.70. The Morgan fingerprint density at radius 2 is 2.17 bits per heavy atom. The molecule has 3 nitrogen and oxygen atoms in total. The molecule has 1 saturated carbocycles. The molecule has 1 aromatic carbocycles. The maximum absolute atomic E-state index is 14.2. The zero-order valence-electron chi connectivity index (χ0n) is 10.8. The molecule has 4 heteroatoms. The quantitative estimate of drug-likeness (QED) is 0.901. The Labute approximate surface area is 107 Å². The van der Waals surface area contributed by atoms with E-state index in [2.05, 4.69) is 0 Å². The fraction of sp³-hybridized carbons (Fsp3) is 0.571. The van der Waals surface area contributed by atoms with E-state index < -0.39 is 11.4 Å². The van der Waals surface area contributed by atoms with Crippen LogP contribution in [0.15, 0.2) is 18.2 Å². The number of benzene rings is 1. The highest BCUT2D eigenvalue weighted by molar-refractivity contribution is 5.35. The second-order valence-electron chi connectivity index (χ2n) is 4.81. The van der Waals surface area contributed by atoms with Gasteiger partial charge in [0.1, 0.15) is 0 Å². The van der Waals surface area contributed by atoms with Crippen molar-refractivity contribution in [2.75, 3.05) is 14.2 Å². The summed E-state index contributed by atoms with van der Waals surface area (Å²) in [5, 5.41) is 10.7. The van der Waals surface area contributed by atoms with Crippen LogP contribution in [0.25, 0.3) is 0 Å². The lowest BCUT2D eigenvalue weighted by molar-refractivity contribution is -0.0651. The number of methoxy groups -OCH3 is 2. The van der Waals surface area contributed by atoms with E-state index in [-0.39, 0.29) is 11.9 Å². The van der Waals surface area contributed by atoms with Gasteiger partial charge in [0.15, 0.2) is 11.6 Å². The molecule has 0 heterocycles. The lowest BCUT2D eigenvalue weighted by Crippen LogP contribution is -2.36. The predicted octanol–water partition coefficient (Wildman–Crippen LogP) is 2.61. The lowest BCUT2D eigenvalue weighted by atomic mass is 9.78. The fourth-order valence-corrected chi connectivity index (χ4v) is 2.68. The maximum Gasteiger partial charge on any atom is 0.171 e. The van der Waals surface area contributed by atoms with Crippen molar-refractivity contribution in [3.63, 3.8) is 0 Å². The second-order valence-corrected chi connectivity index (χ2v) is 4.81. The van der Waals surface area contributed by atoms with Crippen LogP contribution in [0.4, 0.5) is 4.39 Å². The molecule has 0 aromatic heterocycles. The first-order valence-corrected chi connectivity index (χ1v) is 6.19. The summed E-state index contributed by atoms with van der Waals surface area (Å²) < 4.78 is 24.5. The first kappa shape index (κ1) is 13.3. The Hall–Kier alpha value is -1.13. The Bertz CT molecular complexity index is 422. The largest absolute Gasteiger partial charge is 0.494 e. The minimum absolute atomic E-state index is 0.0191. The Morgan fingerprint density at radius 1 is 1.39 bits per heavy atom. The molecular weight excluding hydrogens is 235 g/mol. The summed E-state index contributed by atoms with van der Waals surface area (Å²) in [5.41, 5.74) is -0.846. The van der Waals surface area contributed by atoms with Crippen LogP contribution in [0.3, 0.4) is 0 Å². The van der Waals surface area contributed by atoms with Gasteiger partial charge in [-0.05, 0) is 25.3 Å². The molecule has 0 spiro atoms. The molecule has 1 fully saturated rings. The lowest BCUT2D eigenvalue weighted by Gasteiger charge is -2.36. The second kappa shape index (κ2) is 5.24. The Balaban J connectivity index is 2.34. The minimum Gasteiger partial charge on any atom is -0.494 e. The number of aliphatic hydroxyl groups is 1. The van der Waals surface area contributed by atoms with Crippen molar-refractivity contribution in [3.8, 4) is 5.75 Å². The zero-order chi connectivity index (χ0) is 13.2. The number of ether oxygens (including phenoxy) is 2. The van der Waals surface area contributed by atoms with E-state index in [1.165, 1.54) is 7.11 Å². The van der Waals surface area contributed by atoms with Crippen molar-refractivity contribution in [1.29, 1.82) is 0 Å². The average molecular weight is 254 g/mol. The highest BCUT2D eigenvalue weighted by atomic mass is 19.1. The maximum atomic E-state index is 14.2. The smallest absolute Gasteiger partial charge is 0.171 e. The van der Waals surface area contributed by atoms with Crippen molar-refractivity contribution in [2.45, 2.75) is 37.4 Å². The molecule has 2 rings (SSSR count). The first-order chi connectivity index (χ1) is 8.60. The molecule has 0 saturated heterocycles. The van der Waals surface area contributed by atoms with Crippen molar-refractivity contribution >= 4 is 0 Å². The van der Waals surface area contributed by atoms with E-state index >= 15 is 0 Å². The Morgan fingerprint density at radius 3 is 2.83 bits per heavy atom. The molecule has 1 aliphatic carbocycles. The van der Waals surface area contributed by atoms with Crippen molar-refractivity contribution in [2.24, 2.45) is 0 Å². The number of rotatable bonds is 3. The average Bonchev–Trinajstić information content (AvgIpc) is 2.38. The van der Waals surface area contributed by atoms with Crippen LogP contribution in [0.2, 0.25) is 0 Å². The normalized spacial score (nSPS) is 28.1. The van der Waals surface area contributed by atoms with Gasteiger partial charge in [0, 0.05) is 19.1 Å². The molecule has 100 valence electrons. The molecule has 0 amide bonds. The van der Waals surface area contributed by atoms with Gasteiger partial charge in [-0.3, -0.25) is 0 Å². The monoisotopic (exact) mass is 254 g/mol. The van der Waals surface area contributed by atoms with Gasteiger partial charge in [0.2, 0.25) is 0 Å². The number of hydrogen-bond donors (Lipinski definition) is 1. The highest BCUT2D eigenvalue weighted by Crippen LogP contribution is 2.40. The van der Waals surface area contributed by atoms with E-state index in [0.717, 1.165) is 12.8 Å². The summed E-state index contributed by atoms with van der Waals surface area (Å²) in [6, 6.07) is 4.88. The van der Waals surface area contributed by atoms with Crippen molar-refractivity contribution < 1.29 is 19.0 Å². The summed E-state index contributed by atoms with van der Waals surface area (Å²) in [6.07, 6.45) is 2.69. The predicted molar refractivity (Wildman–Crippen MR) is 66.1 cm³/mol. The van der Waals surface area contributed by atoms with Gasteiger partial charge < -0.3 is 14.6 Å². The number of halogens is 1. The minimum atomic E-state index is -1.16. The van der Waals surface area contributed by atoms with Gasteiger partial charge in [-0.1, -0.05) is 12.1 Å². The van der Waals surface area contributed by atoms with Gasteiger partial charge in [0.05, 0.1) is 18.8 Å². The van der Waals surface area contributed by atoms with Crippen molar-refractivity contribution in [1.82, 2.24) is 0 Å². The SMILES string of the molecule is COc1cccc(C2(O)CCCC(OC)C2)c1F. The van der Waals surface area contributed by atoms with E-state index in [4.69, 9.17) is 9.47 Å². The van der Waals surface area contributed by atoms with Crippen LogP contribution in [-0.2, 0) is 10.3 Å². The first-order valence-electron chi connectivity index (χ1n) is 6.19. The van der Waals surface area contributed by atoms with E-state index in [0.29, 0.717) is 18.4 Å². The molecule has 2 atom stereocenters. The van der Waals surface area contributed by atoms with Crippen LogP contribution in [-0.4, -0.2) is 25.4 Å². The molecule has 1 aliphatic rings. The molecule has 18 heavy (non-hydrogen) atoms. The van der Waals surface area contributed by atoms with Gasteiger partial charge in [-0.25, -0.2) is 4.39 Å². The summed E-state index contributed by atoms with van der Waals surface area (Å²) in [7, 11) is 3.05. The van der Waals surface area contributed by atoms with Gasteiger partial charge in [0.25, 0.3) is 0 Å². The third-order valence-corrected chi connectivity index (χ3v) is 3.70. The molecule has 1 N–H and O–H groups in total. The number of hydrogen-bond acceptors (Lipinski definition) is 3. The third kappa shape index (κ3) is 2.35. The zero-order valence-corrected chi connectivity index (χ0v) is 10.8. The summed E-state index contributed by atoms with van der Waals surface area (Å²) >= 11 is 0. The van der Waals surface area contributed by atoms with Gasteiger partial charge >= 0.3 is 0 Å². The molecule has 0 bridgehead atoms. The van der Waals surface area contributed by atoms with Crippen LogP contribution >= 0.6 is 0 Å². The molecule has 0 aliphatic heterocycles. The van der Waals surface area contributed by atoms with Crippen LogP contribution in [0.1, 0.15) is 31.2 Å². The van der Waals surface area contributed by atoms with E-state index in [9.17, 15) is 9.50 Å². The summed E-state index contributed by atoms with van der Waals surface area (Å²) in [6.45, 7) is 0. The van der Waals surface area contributed by atoms with E-state index in [1.807, 2.05) is 0 Å². The molecule has 0 radical (unpaired) electrons. The van der Waals surface area contributed by atoms with Gasteiger partial charge in [-0.15, -0.1) is 0 Å². The van der Waals surface area contributed by atoms with Gasteiger partial charge in [-0.2, -0.15) is 0 Å². The summed E-state index contributed by atoms with van der Waals surface area (Å²) in [4.78, 5) is 0. The fourth-order valence-electron chi connectivity index (χ4n) is 2.68. The Kier molecular flexibility index (Phi) is 3.88. The van der Waals surface area contributed by atoms with Crippen LogP contribution in [0, 0.1) is 5.82 Å². The van der Waals surface area contributed by atoms with E-state index in [1.54, 1.807) is 25.3 Å². The molecule has 1 aromatic rings. The standard InChI is InChI=1S/C14H19FO3/c1-17-10-5-4-8-14(16,9-10)11-6-3-7-12(18-2)13(11)15/h3,6-7,10,16H,4-5,8-9H2,1-2H3. The van der Waals surface area contributed by atoms with Crippen LogP contribution < -0.4 is 4.74 Å². The van der Waals surface area contributed by atoms with Crippen molar-refractivity contribution in [3.05, 3.63) is 29.6 Å². The molecule has 2 unspecified atom stereocenters. The highest BCUT2D eigenvalue weighted by Gasteiger charge is 2.38.